The number of methoxy groups -OCH3 is 1. The molecule has 0 radical (unpaired) electrons. The molecule has 1 aliphatic carbocycles. The van der Waals surface area contributed by atoms with Crippen LogP contribution in [0.1, 0.15) is 42.5 Å². The zero-order chi connectivity index (χ0) is 22.4. The topological polar surface area (TPSA) is 84.5 Å². The largest absolute Gasteiger partial charge is 0.495 e. The molecule has 31 heavy (non-hydrogen) atoms. The van der Waals surface area contributed by atoms with Gasteiger partial charge >= 0.3 is 0 Å². The number of allylic oxidation sites excluding steroid dienone is 1. The molecular formula is C22H24Cl2N2O4S. The monoisotopic (exact) mass is 482 g/mol. The van der Waals surface area contributed by atoms with E-state index < -0.39 is 15.9 Å². The number of amides is 1. The van der Waals surface area contributed by atoms with Crippen molar-refractivity contribution in [3.63, 3.8) is 0 Å². The molecule has 0 aliphatic heterocycles. The molecule has 0 saturated carbocycles. The van der Waals surface area contributed by atoms with Gasteiger partial charge in [0.1, 0.15) is 5.75 Å². The third-order valence-corrected chi connectivity index (χ3v) is 7.03. The highest BCUT2D eigenvalue weighted by molar-refractivity contribution is 7.89. The second-order valence-corrected chi connectivity index (χ2v) is 9.81. The average Bonchev–Trinajstić information content (AvgIpc) is 2.74. The van der Waals surface area contributed by atoms with Crippen LogP contribution in [0.15, 0.2) is 52.9 Å². The van der Waals surface area contributed by atoms with Gasteiger partial charge in [-0.05, 0) is 68.5 Å². The van der Waals surface area contributed by atoms with E-state index in [-0.39, 0.29) is 21.2 Å². The van der Waals surface area contributed by atoms with Crippen LogP contribution in [0.3, 0.4) is 0 Å². The quantitative estimate of drug-likeness (QED) is 0.491. The zero-order valence-corrected chi connectivity index (χ0v) is 19.4. The van der Waals surface area contributed by atoms with Gasteiger partial charge in [-0.15, -0.1) is 0 Å². The fourth-order valence-corrected chi connectivity index (χ4v) is 4.93. The van der Waals surface area contributed by atoms with Gasteiger partial charge in [-0.25, -0.2) is 13.1 Å². The Labute approximate surface area is 192 Å². The Kier molecular flexibility index (Phi) is 8.00. The average molecular weight is 483 g/mol. The Hall–Kier alpha value is -2.06. The Morgan fingerprint density at radius 2 is 1.94 bits per heavy atom. The molecule has 1 aliphatic rings. The smallest absolute Gasteiger partial charge is 0.257 e. The first-order valence-electron chi connectivity index (χ1n) is 9.92. The standard InChI is InChI=1S/C22H24Cl2N2O4S/c1-30-21-10-8-17(31(28,29)25-12-11-15-5-3-2-4-6-15)14-20(21)26-22(27)18-9-7-16(23)13-19(18)24/h5,7-10,13-14,25H,2-4,6,11-12H2,1H3,(H,26,27). The molecule has 2 aromatic rings. The maximum Gasteiger partial charge on any atom is 0.257 e. The van der Waals surface area contributed by atoms with Crippen molar-refractivity contribution in [1.29, 1.82) is 0 Å². The van der Waals surface area contributed by atoms with Crippen molar-refractivity contribution in [1.82, 2.24) is 4.72 Å². The lowest BCUT2D eigenvalue weighted by atomic mass is 9.97. The van der Waals surface area contributed by atoms with Crippen LogP contribution in [0.2, 0.25) is 10.0 Å². The van der Waals surface area contributed by atoms with Gasteiger partial charge in [0.05, 0.1) is 28.3 Å². The van der Waals surface area contributed by atoms with Crippen LogP contribution < -0.4 is 14.8 Å². The molecule has 0 bridgehead atoms. The van der Waals surface area contributed by atoms with E-state index in [0.29, 0.717) is 23.7 Å². The van der Waals surface area contributed by atoms with Gasteiger partial charge in [0.15, 0.2) is 0 Å². The fourth-order valence-electron chi connectivity index (χ4n) is 3.38. The first-order valence-corrected chi connectivity index (χ1v) is 12.2. The number of hydrogen-bond acceptors (Lipinski definition) is 4. The van der Waals surface area contributed by atoms with Gasteiger partial charge in [-0.3, -0.25) is 4.79 Å². The summed E-state index contributed by atoms with van der Waals surface area (Å²) in [5, 5.41) is 3.26. The van der Waals surface area contributed by atoms with Gasteiger partial charge < -0.3 is 10.1 Å². The predicted octanol–water partition coefficient (Wildman–Crippen LogP) is 5.42. The highest BCUT2D eigenvalue weighted by atomic mass is 35.5. The number of benzene rings is 2. The lowest BCUT2D eigenvalue weighted by Crippen LogP contribution is -2.25. The number of carbonyl (C=O) groups excluding carboxylic acids is 1. The first kappa shape index (κ1) is 23.6. The van der Waals surface area contributed by atoms with Gasteiger partial charge in [-0.2, -0.15) is 0 Å². The molecule has 0 heterocycles. The molecule has 166 valence electrons. The van der Waals surface area contributed by atoms with Gasteiger partial charge in [0, 0.05) is 11.6 Å². The van der Waals surface area contributed by atoms with Crippen LogP contribution in [-0.2, 0) is 10.0 Å². The highest BCUT2D eigenvalue weighted by Gasteiger charge is 2.19. The van der Waals surface area contributed by atoms with Gasteiger partial charge in [-0.1, -0.05) is 34.9 Å². The number of halogens is 2. The van der Waals surface area contributed by atoms with E-state index >= 15 is 0 Å². The summed E-state index contributed by atoms with van der Waals surface area (Å²) in [4.78, 5) is 12.7. The molecule has 3 rings (SSSR count). The minimum absolute atomic E-state index is 0.0310. The number of carbonyl (C=O) groups is 1. The fraction of sp³-hybridized carbons (Fsp3) is 0.318. The summed E-state index contributed by atoms with van der Waals surface area (Å²) in [7, 11) is -2.32. The number of sulfonamides is 1. The number of anilines is 1. The first-order chi connectivity index (χ1) is 14.8. The summed E-state index contributed by atoms with van der Waals surface area (Å²) in [5.41, 5.74) is 1.72. The van der Waals surface area contributed by atoms with Crippen LogP contribution >= 0.6 is 23.2 Å². The maximum atomic E-state index is 12.8. The SMILES string of the molecule is COc1ccc(S(=O)(=O)NCCC2=CCCCC2)cc1NC(=O)c1ccc(Cl)cc1Cl. The normalized spacial score (nSPS) is 14.1. The summed E-state index contributed by atoms with van der Waals surface area (Å²) in [6.45, 7) is 0.322. The molecular weight excluding hydrogens is 459 g/mol. The van der Waals surface area contributed by atoms with Crippen LogP contribution in [0, 0.1) is 0 Å². The summed E-state index contributed by atoms with van der Waals surface area (Å²) in [5.74, 6) is -0.184. The number of hydrogen-bond donors (Lipinski definition) is 2. The van der Waals surface area contributed by atoms with Crippen molar-refractivity contribution in [2.45, 2.75) is 37.0 Å². The van der Waals surface area contributed by atoms with Crippen LogP contribution in [0.5, 0.6) is 5.75 Å². The minimum atomic E-state index is -3.75. The van der Waals surface area contributed by atoms with Crippen molar-refractivity contribution in [2.24, 2.45) is 0 Å². The second kappa shape index (κ2) is 10.5. The third-order valence-electron chi connectivity index (χ3n) is 5.03. The lowest BCUT2D eigenvalue weighted by molar-refractivity contribution is 0.102. The van der Waals surface area contributed by atoms with Crippen molar-refractivity contribution < 1.29 is 17.9 Å². The van der Waals surface area contributed by atoms with E-state index in [1.807, 2.05) is 0 Å². The van der Waals surface area contributed by atoms with Crippen molar-refractivity contribution in [3.8, 4) is 5.75 Å². The summed E-state index contributed by atoms with van der Waals surface area (Å²) in [6.07, 6.45) is 7.30. The lowest BCUT2D eigenvalue weighted by Gasteiger charge is -2.15. The van der Waals surface area contributed by atoms with Gasteiger partial charge in [0.2, 0.25) is 10.0 Å². The van der Waals surface area contributed by atoms with Crippen LogP contribution in [0.25, 0.3) is 0 Å². The molecule has 0 aromatic heterocycles. The van der Waals surface area contributed by atoms with E-state index in [1.54, 1.807) is 6.07 Å². The molecule has 0 saturated heterocycles. The van der Waals surface area contributed by atoms with E-state index in [2.05, 4.69) is 16.1 Å². The Morgan fingerprint density at radius 3 is 2.61 bits per heavy atom. The second-order valence-electron chi connectivity index (χ2n) is 7.20. The molecule has 9 heteroatoms. The minimum Gasteiger partial charge on any atom is -0.495 e. The Bertz CT molecular complexity index is 1100. The molecule has 0 unspecified atom stereocenters. The number of rotatable bonds is 8. The van der Waals surface area contributed by atoms with E-state index in [0.717, 1.165) is 19.3 Å². The molecule has 0 spiro atoms. The predicted molar refractivity (Wildman–Crippen MR) is 124 cm³/mol. The Balaban J connectivity index is 1.75. The number of ether oxygens (including phenoxy) is 1. The van der Waals surface area contributed by atoms with E-state index in [9.17, 15) is 13.2 Å². The summed E-state index contributed by atoms with van der Waals surface area (Å²) < 4.78 is 33.4. The summed E-state index contributed by atoms with van der Waals surface area (Å²) >= 11 is 12.0. The molecule has 0 fully saturated rings. The van der Waals surface area contributed by atoms with Crippen LogP contribution in [-0.4, -0.2) is 28.0 Å². The molecule has 2 aromatic carbocycles. The third kappa shape index (κ3) is 6.23. The molecule has 1 amide bonds. The van der Waals surface area contributed by atoms with Crippen molar-refractivity contribution in [2.75, 3.05) is 19.0 Å². The summed E-state index contributed by atoms with van der Waals surface area (Å²) in [6, 6.07) is 8.80. The van der Waals surface area contributed by atoms with Crippen molar-refractivity contribution >= 4 is 44.8 Å². The zero-order valence-electron chi connectivity index (χ0n) is 17.1. The number of nitrogens with one attached hydrogen (secondary N) is 2. The van der Waals surface area contributed by atoms with Gasteiger partial charge in [0.25, 0.3) is 5.91 Å². The molecule has 6 nitrogen and oxygen atoms in total. The highest BCUT2D eigenvalue weighted by Crippen LogP contribution is 2.29. The molecule has 2 N–H and O–H groups in total. The van der Waals surface area contributed by atoms with Crippen LogP contribution in [0.4, 0.5) is 5.69 Å². The van der Waals surface area contributed by atoms with E-state index in [4.69, 9.17) is 27.9 Å². The molecule has 0 atom stereocenters. The Morgan fingerprint density at radius 1 is 1.13 bits per heavy atom. The maximum absolute atomic E-state index is 12.8. The van der Waals surface area contributed by atoms with E-state index in [1.165, 1.54) is 49.4 Å². The van der Waals surface area contributed by atoms with Crippen molar-refractivity contribution in [3.05, 3.63) is 63.7 Å².